The summed E-state index contributed by atoms with van der Waals surface area (Å²) in [6.45, 7) is 4.82. The second-order valence-electron chi connectivity index (χ2n) is 8.28. The van der Waals surface area contributed by atoms with Crippen LogP contribution < -0.4 is 10.6 Å². The molecule has 1 fully saturated rings. The lowest BCUT2D eigenvalue weighted by Crippen LogP contribution is -2.42. The highest BCUT2D eigenvalue weighted by atomic mass is 16.2. The third kappa shape index (κ3) is 3.67. The topological polar surface area (TPSA) is 104 Å². The number of fused-ring (bicyclic) bond motifs is 1. The fourth-order valence-corrected chi connectivity index (χ4v) is 3.66. The molecule has 8 nitrogen and oxygen atoms in total. The lowest BCUT2D eigenvalue weighted by Gasteiger charge is -2.39. The van der Waals surface area contributed by atoms with Crippen LogP contribution >= 0.6 is 0 Å². The third-order valence-corrected chi connectivity index (χ3v) is 5.86. The van der Waals surface area contributed by atoms with E-state index in [1.165, 1.54) is 0 Å². The van der Waals surface area contributed by atoms with Crippen LogP contribution in [-0.2, 0) is 0 Å². The Labute approximate surface area is 170 Å². The number of benzene rings is 1. The van der Waals surface area contributed by atoms with E-state index in [0.717, 1.165) is 48.5 Å². The van der Waals surface area contributed by atoms with Crippen molar-refractivity contribution >= 4 is 22.9 Å². The summed E-state index contributed by atoms with van der Waals surface area (Å²) in [5.74, 6) is 0.832. The lowest BCUT2D eigenvalue weighted by molar-refractivity contribution is 0.0827. The number of nitrogens with two attached hydrogens (primary N) is 1. The van der Waals surface area contributed by atoms with E-state index in [-0.39, 0.29) is 11.3 Å². The lowest BCUT2D eigenvalue weighted by atomic mass is 9.80. The third-order valence-electron chi connectivity index (χ3n) is 5.86. The standard InChI is InChI=1S/C21H27N7O/c1-21(13-22)8-10-28(11-9-21)16-12-23-18-17(25-26-19(18)24-16)14-4-6-15(7-5-14)20(29)27(2)3/h4-7,12H,8-11,13,22H2,1-3H3,(H,24,25,26). The maximum Gasteiger partial charge on any atom is 0.253 e. The number of carbonyl (C=O) groups is 1. The minimum absolute atomic E-state index is 0.0277. The maximum absolute atomic E-state index is 12.1. The van der Waals surface area contributed by atoms with Gasteiger partial charge in [-0.2, -0.15) is 5.10 Å². The highest BCUT2D eigenvalue weighted by Gasteiger charge is 2.29. The zero-order valence-corrected chi connectivity index (χ0v) is 17.1. The maximum atomic E-state index is 12.1. The summed E-state index contributed by atoms with van der Waals surface area (Å²) in [6.07, 6.45) is 3.92. The Morgan fingerprint density at radius 3 is 2.55 bits per heavy atom. The van der Waals surface area contributed by atoms with Gasteiger partial charge in [0.1, 0.15) is 17.0 Å². The van der Waals surface area contributed by atoms with Crippen LogP contribution in [0, 0.1) is 5.41 Å². The molecule has 1 aliphatic rings. The molecule has 1 aromatic carbocycles. The van der Waals surface area contributed by atoms with Gasteiger partial charge in [-0.15, -0.1) is 0 Å². The Hall–Kier alpha value is -3.00. The molecule has 3 aromatic rings. The van der Waals surface area contributed by atoms with Gasteiger partial charge in [-0.1, -0.05) is 19.1 Å². The van der Waals surface area contributed by atoms with E-state index < -0.39 is 0 Å². The number of anilines is 1. The van der Waals surface area contributed by atoms with Gasteiger partial charge in [-0.3, -0.25) is 9.89 Å². The number of aromatic nitrogens is 4. The molecule has 8 heteroatoms. The number of H-pyrrole nitrogens is 1. The Balaban J connectivity index is 1.57. The zero-order chi connectivity index (χ0) is 20.6. The molecule has 152 valence electrons. The van der Waals surface area contributed by atoms with E-state index in [2.05, 4.69) is 27.0 Å². The van der Waals surface area contributed by atoms with Crippen molar-refractivity contribution in [2.75, 3.05) is 38.6 Å². The molecule has 0 spiro atoms. The van der Waals surface area contributed by atoms with E-state index >= 15 is 0 Å². The number of aromatic amines is 1. The molecular weight excluding hydrogens is 366 g/mol. The molecule has 3 heterocycles. The van der Waals surface area contributed by atoms with Gasteiger partial charge < -0.3 is 15.5 Å². The number of hydrogen-bond acceptors (Lipinski definition) is 6. The zero-order valence-electron chi connectivity index (χ0n) is 17.1. The number of nitrogens with one attached hydrogen (secondary N) is 1. The molecule has 3 N–H and O–H groups in total. The van der Waals surface area contributed by atoms with Gasteiger partial charge in [-0.05, 0) is 36.9 Å². The number of rotatable bonds is 4. The average Bonchev–Trinajstić information content (AvgIpc) is 3.17. The summed E-state index contributed by atoms with van der Waals surface area (Å²) >= 11 is 0. The molecule has 0 aliphatic carbocycles. The van der Waals surface area contributed by atoms with Crippen LogP contribution in [-0.4, -0.2) is 64.7 Å². The second-order valence-corrected chi connectivity index (χ2v) is 8.28. The van der Waals surface area contributed by atoms with Gasteiger partial charge in [-0.25, -0.2) is 9.97 Å². The number of nitrogens with zero attached hydrogens (tertiary/aromatic N) is 5. The van der Waals surface area contributed by atoms with Gasteiger partial charge in [0.2, 0.25) is 0 Å². The SMILES string of the molecule is CN(C)C(=O)c1ccc(-c2n[nH]c3nc(N4CCC(C)(CN)CC4)cnc23)cc1. The average molecular weight is 393 g/mol. The highest BCUT2D eigenvalue weighted by molar-refractivity contribution is 5.95. The summed E-state index contributed by atoms with van der Waals surface area (Å²) in [5.41, 5.74) is 9.79. The summed E-state index contributed by atoms with van der Waals surface area (Å²) < 4.78 is 0. The highest BCUT2D eigenvalue weighted by Crippen LogP contribution is 2.32. The first-order valence-electron chi connectivity index (χ1n) is 9.88. The molecule has 1 aliphatic heterocycles. The smallest absolute Gasteiger partial charge is 0.253 e. The fourth-order valence-electron chi connectivity index (χ4n) is 3.66. The molecule has 0 saturated carbocycles. The van der Waals surface area contributed by atoms with Gasteiger partial charge in [0, 0.05) is 38.3 Å². The Morgan fingerprint density at radius 2 is 1.93 bits per heavy atom. The molecule has 1 amide bonds. The monoisotopic (exact) mass is 393 g/mol. The van der Waals surface area contributed by atoms with E-state index in [1.807, 2.05) is 30.5 Å². The molecule has 0 radical (unpaired) electrons. The van der Waals surface area contributed by atoms with Crippen LogP contribution in [0.15, 0.2) is 30.5 Å². The first-order chi connectivity index (χ1) is 13.9. The predicted octanol–water partition coefficient (Wildman–Crippen LogP) is 2.29. The van der Waals surface area contributed by atoms with E-state index in [0.29, 0.717) is 17.8 Å². The van der Waals surface area contributed by atoms with Crippen molar-refractivity contribution in [3.63, 3.8) is 0 Å². The van der Waals surface area contributed by atoms with E-state index in [1.54, 1.807) is 19.0 Å². The Kier molecular flexibility index (Phi) is 4.96. The van der Waals surface area contributed by atoms with Crippen molar-refractivity contribution in [3.8, 4) is 11.3 Å². The van der Waals surface area contributed by atoms with Crippen LogP contribution in [0.3, 0.4) is 0 Å². The molecule has 0 bridgehead atoms. The van der Waals surface area contributed by atoms with Crippen molar-refractivity contribution < 1.29 is 4.79 Å². The van der Waals surface area contributed by atoms with Gasteiger partial charge >= 0.3 is 0 Å². The van der Waals surface area contributed by atoms with Crippen molar-refractivity contribution in [1.29, 1.82) is 0 Å². The second kappa shape index (κ2) is 7.44. The molecule has 2 aromatic heterocycles. The van der Waals surface area contributed by atoms with Crippen LogP contribution in [0.2, 0.25) is 0 Å². The first-order valence-corrected chi connectivity index (χ1v) is 9.88. The van der Waals surface area contributed by atoms with Crippen molar-refractivity contribution in [2.24, 2.45) is 11.1 Å². The summed E-state index contributed by atoms with van der Waals surface area (Å²) in [6, 6.07) is 7.39. The minimum Gasteiger partial charge on any atom is -0.355 e. The van der Waals surface area contributed by atoms with Crippen LogP contribution in [0.5, 0.6) is 0 Å². The number of hydrogen-bond donors (Lipinski definition) is 2. The number of carbonyl (C=O) groups excluding carboxylic acids is 1. The van der Waals surface area contributed by atoms with Gasteiger partial charge in [0.15, 0.2) is 5.65 Å². The van der Waals surface area contributed by atoms with Crippen molar-refractivity contribution in [3.05, 3.63) is 36.0 Å². The first kappa shape index (κ1) is 19.3. The summed E-state index contributed by atoms with van der Waals surface area (Å²) in [5, 5.41) is 7.42. The quantitative estimate of drug-likeness (QED) is 0.705. The fraction of sp³-hybridized carbons (Fsp3) is 0.429. The largest absolute Gasteiger partial charge is 0.355 e. The molecule has 29 heavy (non-hydrogen) atoms. The Bertz CT molecular complexity index is 1020. The molecular formula is C21H27N7O. The van der Waals surface area contributed by atoms with Crippen molar-refractivity contribution in [1.82, 2.24) is 25.1 Å². The normalized spacial score (nSPS) is 16.2. The van der Waals surface area contributed by atoms with E-state index in [9.17, 15) is 4.79 Å². The van der Waals surface area contributed by atoms with Crippen LogP contribution in [0.25, 0.3) is 22.4 Å². The number of piperidine rings is 1. The van der Waals surface area contributed by atoms with Gasteiger partial charge in [0.05, 0.1) is 6.20 Å². The minimum atomic E-state index is -0.0277. The summed E-state index contributed by atoms with van der Waals surface area (Å²) in [7, 11) is 3.48. The van der Waals surface area contributed by atoms with E-state index in [4.69, 9.17) is 10.7 Å². The number of amides is 1. The summed E-state index contributed by atoms with van der Waals surface area (Å²) in [4.78, 5) is 25.3. The molecule has 0 atom stereocenters. The van der Waals surface area contributed by atoms with Crippen LogP contribution in [0.4, 0.5) is 5.82 Å². The van der Waals surface area contributed by atoms with Crippen LogP contribution in [0.1, 0.15) is 30.1 Å². The Morgan fingerprint density at radius 1 is 1.24 bits per heavy atom. The van der Waals surface area contributed by atoms with Crippen molar-refractivity contribution in [2.45, 2.75) is 19.8 Å². The molecule has 1 saturated heterocycles. The molecule has 0 unspecified atom stereocenters. The van der Waals surface area contributed by atoms with Gasteiger partial charge in [0.25, 0.3) is 5.91 Å². The molecule has 4 rings (SSSR count). The predicted molar refractivity (Wildman–Crippen MR) is 114 cm³/mol.